The van der Waals surface area contributed by atoms with Crippen LogP contribution in [0.15, 0.2) is 42.5 Å². The van der Waals surface area contributed by atoms with Crippen molar-refractivity contribution in [2.24, 2.45) is 0 Å². The van der Waals surface area contributed by atoms with E-state index >= 15 is 0 Å². The summed E-state index contributed by atoms with van der Waals surface area (Å²) in [6.45, 7) is 5.47. The molecule has 3 aromatic rings. The molecule has 0 fully saturated rings. The lowest BCUT2D eigenvalue weighted by Gasteiger charge is -2.10. The number of rotatable bonds is 10. The first kappa shape index (κ1) is 20.3. The van der Waals surface area contributed by atoms with Crippen molar-refractivity contribution in [3.05, 3.63) is 58.6 Å². The maximum atomic E-state index is 12.0. The maximum absolute atomic E-state index is 12.0. The number of carbonyl (C=O) groups is 1. The Morgan fingerprint density at radius 1 is 1.11 bits per heavy atom. The Labute approximate surface area is 171 Å². The minimum absolute atomic E-state index is 0.121. The minimum atomic E-state index is 0.121. The lowest BCUT2D eigenvalue weighted by molar-refractivity contribution is -0.121. The molecule has 1 N–H and O–H groups in total. The topological polar surface area (TPSA) is 51.2 Å². The van der Waals surface area contributed by atoms with Crippen molar-refractivity contribution in [2.75, 3.05) is 13.2 Å². The number of amides is 1. The quantitative estimate of drug-likeness (QED) is 0.479. The number of ether oxygens (including phenoxy) is 1. The molecule has 0 unspecified atom stereocenters. The van der Waals surface area contributed by atoms with E-state index in [1.54, 1.807) is 11.3 Å². The van der Waals surface area contributed by atoms with E-state index in [9.17, 15) is 4.79 Å². The van der Waals surface area contributed by atoms with Crippen molar-refractivity contribution in [1.29, 1.82) is 0 Å². The fourth-order valence-electron chi connectivity index (χ4n) is 3.02. The third-order valence-corrected chi connectivity index (χ3v) is 5.72. The van der Waals surface area contributed by atoms with Crippen molar-refractivity contribution < 1.29 is 9.53 Å². The van der Waals surface area contributed by atoms with Gasteiger partial charge in [0.25, 0.3) is 0 Å². The zero-order chi connectivity index (χ0) is 19.8. The fourth-order valence-corrected chi connectivity index (χ4v) is 4.02. The number of unbranched alkanes of at least 4 members (excludes halogenated alkanes) is 1. The molecule has 5 heteroatoms. The van der Waals surface area contributed by atoms with E-state index in [0.29, 0.717) is 19.6 Å². The van der Waals surface area contributed by atoms with Crippen molar-refractivity contribution in [3.8, 4) is 5.75 Å². The highest BCUT2D eigenvalue weighted by molar-refractivity contribution is 7.18. The normalized spacial score (nSPS) is 10.9. The van der Waals surface area contributed by atoms with Crippen LogP contribution in [0, 0.1) is 13.8 Å². The number of aryl methyl sites for hydroxylation is 3. The van der Waals surface area contributed by atoms with Gasteiger partial charge in [0.05, 0.1) is 21.8 Å². The summed E-state index contributed by atoms with van der Waals surface area (Å²) in [4.78, 5) is 16.6. The van der Waals surface area contributed by atoms with Crippen LogP contribution in [0.25, 0.3) is 10.2 Å². The van der Waals surface area contributed by atoms with Crippen molar-refractivity contribution in [2.45, 2.75) is 46.0 Å². The first-order valence-corrected chi connectivity index (χ1v) is 10.7. The fraction of sp³-hybridized carbons (Fsp3) is 0.391. The van der Waals surface area contributed by atoms with Gasteiger partial charge in [-0.1, -0.05) is 24.3 Å². The second-order valence-corrected chi connectivity index (χ2v) is 8.22. The van der Waals surface area contributed by atoms with Gasteiger partial charge in [-0.2, -0.15) is 0 Å². The number of carbonyl (C=O) groups excluding carboxylic acids is 1. The average molecular weight is 397 g/mol. The van der Waals surface area contributed by atoms with Gasteiger partial charge in [-0.05, 0) is 62.4 Å². The number of para-hydroxylation sites is 1. The molecule has 3 rings (SSSR count). The Balaban J connectivity index is 1.26. The number of hydrogen-bond acceptors (Lipinski definition) is 4. The molecular formula is C23H28N2O2S. The van der Waals surface area contributed by atoms with E-state index in [-0.39, 0.29) is 5.91 Å². The van der Waals surface area contributed by atoms with Gasteiger partial charge in [0.2, 0.25) is 5.91 Å². The summed E-state index contributed by atoms with van der Waals surface area (Å²) >= 11 is 1.74. The van der Waals surface area contributed by atoms with Gasteiger partial charge < -0.3 is 10.1 Å². The molecule has 0 saturated carbocycles. The second kappa shape index (κ2) is 10.2. The number of aromatic nitrogens is 1. The van der Waals surface area contributed by atoms with Gasteiger partial charge in [0.1, 0.15) is 5.75 Å². The summed E-state index contributed by atoms with van der Waals surface area (Å²) in [5.41, 5.74) is 3.41. The Morgan fingerprint density at radius 3 is 2.82 bits per heavy atom. The van der Waals surface area contributed by atoms with Crippen LogP contribution in [-0.2, 0) is 11.2 Å². The number of benzene rings is 2. The molecule has 1 aromatic heterocycles. The zero-order valence-electron chi connectivity index (χ0n) is 16.7. The van der Waals surface area contributed by atoms with Gasteiger partial charge in [0, 0.05) is 19.4 Å². The molecule has 1 amide bonds. The molecule has 0 bridgehead atoms. The van der Waals surface area contributed by atoms with E-state index < -0.39 is 0 Å². The van der Waals surface area contributed by atoms with Crippen LogP contribution in [0.4, 0.5) is 0 Å². The summed E-state index contributed by atoms with van der Waals surface area (Å²) in [7, 11) is 0. The number of thiazole rings is 1. The third kappa shape index (κ3) is 6.06. The molecule has 0 radical (unpaired) electrons. The highest BCUT2D eigenvalue weighted by Crippen LogP contribution is 2.22. The van der Waals surface area contributed by atoms with Crippen LogP contribution in [-0.4, -0.2) is 24.0 Å². The predicted octanol–water partition coefficient (Wildman–Crippen LogP) is 5.21. The number of nitrogens with one attached hydrogen (secondary N) is 1. The highest BCUT2D eigenvalue weighted by atomic mass is 32.1. The van der Waals surface area contributed by atoms with E-state index in [4.69, 9.17) is 4.74 Å². The Kier molecular flexibility index (Phi) is 7.43. The summed E-state index contributed by atoms with van der Waals surface area (Å²) in [5, 5.41) is 4.15. The second-order valence-electron chi connectivity index (χ2n) is 7.10. The zero-order valence-corrected chi connectivity index (χ0v) is 17.5. The molecule has 2 aromatic carbocycles. The Morgan fingerprint density at radius 2 is 1.96 bits per heavy atom. The molecular weight excluding hydrogens is 368 g/mol. The number of fused-ring (bicyclic) bond motifs is 1. The summed E-state index contributed by atoms with van der Waals surface area (Å²) in [6, 6.07) is 14.4. The third-order valence-electron chi connectivity index (χ3n) is 4.63. The molecule has 4 nitrogen and oxygen atoms in total. The summed E-state index contributed by atoms with van der Waals surface area (Å²) in [5.74, 6) is 1.07. The van der Waals surface area contributed by atoms with Gasteiger partial charge >= 0.3 is 0 Å². The monoisotopic (exact) mass is 396 g/mol. The minimum Gasteiger partial charge on any atom is -0.493 e. The molecule has 148 valence electrons. The molecule has 0 aliphatic heterocycles. The highest BCUT2D eigenvalue weighted by Gasteiger charge is 2.05. The van der Waals surface area contributed by atoms with Crippen LogP contribution >= 0.6 is 11.3 Å². The van der Waals surface area contributed by atoms with Crippen molar-refractivity contribution in [1.82, 2.24) is 10.3 Å². The number of nitrogens with zero attached hydrogens (tertiary/aromatic N) is 1. The molecule has 1 heterocycles. The van der Waals surface area contributed by atoms with Crippen LogP contribution in [0.1, 0.15) is 41.8 Å². The van der Waals surface area contributed by atoms with Crippen LogP contribution in [0.5, 0.6) is 5.75 Å². The van der Waals surface area contributed by atoms with Crippen molar-refractivity contribution in [3.63, 3.8) is 0 Å². The number of hydrogen-bond donors (Lipinski definition) is 1. The van der Waals surface area contributed by atoms with E-state index in [1.165, 1.54) is 10.3 Å². The van der Waals surface area contributed by atoms with Crippen LogP contribution < -0.4 is 10.1 Å². The molecule has 0 aliphatic rings. The lowest BCUT2D eigenvalue weighted by Crippen LogP contribution is -2.24. The van der Waals surface area contributed by atoms with Gasteiger partial charge in [-0.15, -0.1) is 11.3 Å². The molecule has 0 atom stereocenters. The largest absolute Gasteiger partial charge is 0.493 e. The average Bonchev–Trinajstić information content (AvgIpc) is 3.10. The van der Waals surface area contributed by atoms with Crippen LogP contribution in [0.2, 0.25) is 0 Å². The lowest BCUT2D eigenvalue weighted by atomic mass is 10.1. The molecule has 0 aliphatic carbocycles. The van der Waals surface area contributed by atoms with E-state index in [1.807, 2.05) is 18.2 Å². The maximum Gasteiger partial charge on any atom is 0.219 e. The molecule has 0 saturated heterocycles. The first-order chi connectivity index (χ1) is 13.6. The molecule has 0 spiro atoms. The summed E-state index contributed by atoms with van der Waals surface area (Å²) < 4.78 is 7.06. The summed E-state index contributed by atoms with van der Waals surface area (Å²) in [6.07, 6.45) is 4.10. The SMILES string of the molecule is Cc1ccc(C)c(OCCCCC(=O)NCCCc2nc3ccccc3s2)c1. The van der Waals surface area contributed by atoms with E-state index in [0.717, 1.165) is 47.5 Å². The van der Waals surface area contributed by atoms with E-state index in [2.05, 4.69) is 48.4 Å². The predicted molar refractivity (Wildman–Crippen MR) is 116 cm³/mol. The Bertz CT molecular complexity index is 887. The Hall–Kier alpha value is -2.40. The molecule has 28 heavy (non-hydrogen) atoms. The van der Waals surface area contributed by atoms with Crippen LogP contribution in [0.3, 0.4) is 0 Å². The van der Waals surface area contributed by atoms with Gasteiger partial charge in [-0.25, -0.2) is 4.98 Å². The van der Waals surface area contributed by atoms with Gasteiger partial charge in [-0.3, -0.25) is 4.79 Å². The van der Waals surface area contributed by atoms with Gasteiger partial charge in [0.15, 0.2) is 0 Å². The first-order valence-electron chi connectivity index (χ1n) is 9.93. The standard InChI is InChI=1S/C23H28N2O2S/c1-17-12-13-18(2)20(16-17)27-15-6-5-10-22(26)24-14-7-11-23-25-19-8-3-4-9-21(19)28-23/h3-4,8-9,12-13,16H,5-7,10-11,14-15H2,1-2H3,(H,24,26). The van der Waals surface area contributed by atoms with Crippen molar-refractivity contribution >= 4 is 27.5 Å². The smallest absolute Gasteiger partial charge is 0.219 e.